The van der Waals surface area contributed by atoms with E-state index < -0.39 is 0 Å². The maximum Gasteiger partial charge on any atom is 0.154 e. The molecule has 1 aromatic rings. The summed E-state index contributed by atoms with van der Waals surface area (Å²) in [5.41, 5.74) is 0. The molecule has 0 saturated heterocycles. The molecule has 90 valence electrons. The zero-order valence-electron chi connectivity index (χ0n) is 9.22. The van der Waals surface area contributed by atoms with Crippen molar-refractivity contribution < 1.29 is 5.11 Å². The quantitative estimate of drug-likeness (QED) is 0.588. The summed E-state index contributed by atoms with van der Waals surface area (Å²) in [6.07, 6.45) is 0. The van der Waals surface area contributed by atoms with Gasteiger partial charge in [-0.05, 0) is 12.0 Å². The van der Waals surface area contributed by atoms with Gasteiger partial charge in [-0.2, -0.15) is 0 Å². The lowest BCUT2D eigenvalue weighted by Crippen LogP contribution is -2.05. The van der Waals surface area contributed by atoms with E-state index in [9.17, 15) is 5.11 Å². The number of thioether (sulfide) groups is 1. The van der Waals surface area contributed by atoms with Crippen LogP contribution in [0.4, 0.5) is 0 Å². The van der Waals surface area contributed by atoms with Crippen molar-refractivity contribution in [2.24, 2.45) is 5.92 Å². The number of phenols is 1. The Kier molecular flexibility index (Phi) is 5.11. The molecular formula is C11H13Cl3OS. The van der Waals surface area contributed by atoms with Crippen LogP contribution in [0.25, 0.3) is 0 Å². The third kappa shape index (κ3) is 3.13. The van der Waals surface area contributed by atoms with Crippen LogP contribution in [0.1, 0.15) is 20.8 Å². The van der Waals surface area contributed by atoms with E-state index in [1.807, 2.05) is 0 Å². The van der Waals surface area contributed by atoms with E-state index in [-0.39, 0.29) is 15.8 Å². The Morgan fingerprint density at radius 1 is 1.12 bits per heavy atom. The van der Waals surface area contributed by atoms with Gasteiger partial charge in [-0.25, -0.2) is 0 Å². The standard InChI is InChI=1S/C11H13Cl3OS/c1-5(2)6(3)16-8-4-7(12)11(15)10(14)9(8)13/h4-6,15H,1-3H3. The highest BCUT2D eigenvalue weighted by atomic mass is 35.5. The predicted molar refractivity (Wildman–Crippen MR) is 73.3 cm³/mol. The molecular weight excluding hydrogens is 287 g/mol. The third-order valence-electron chi connectivity index (χ3n) is 2.35. The molecule has 1 rings (SSSR count). The Morgan fingerprint density at radius 2 is 1.69 bits per heavy atom. The number of halogens is 3. The van der Waals surface area contributed by atoms with Crippen molar-refractivity contribution in [2.75, 3.05) is 0 Å². The average molecular weight is 300 g/mol. The lowest BCUT2D eigenvalue weighted by atomic mass is 10.2. The van der Waals surface area contributed by atoms with E-state index in [0.29, 0.717) is 16.2 Å². The van der Waals surface area contributed by atoms with Crippen LogP contribution in [0, 0.1) is 5.92 Å². The predicted octanol–water partition coefficient (Wildman–Crippen LogP) is 5.49. The number of hydrogen-bond donors (Lipinski definition) is 1. The van der Waals surface area contributed by atoms with Crippen LogP contribution in [0.2, 0.25) is 15.1 Å². The van der Waals surface area contributed by atoms with Gasteiger partial charge < -0.3 is 5.11 Å². The molecule has 0 saturated carbocycles. The van der Waals surface area contributed by atoms with Crippen molar-refractivity contribution in [1.29, 1.82) is 0 Å². The van der Waals surface area contributed by atoms with E-state index in [1.165, 1.54) is 0 Å². The number of rotatable bonds is 3. The third-order valence-corrected chi connectivity index (χ3v) is 5.10. The van der Waals surface area contributed by atoms with E-state index in [0.717, 1.165) is 4.90 Å². The lowest BCUT2D eigenvalue weighted by Gasteiger charge is -2.16. The first-order valence-electron chi connectivity index (χ1n) is 4.87. The molecule has 0 heterocycles. The molecule has 16 heavy (non-hydrogen) atoms. The number of aromatic hydroxyl groups is 1. The van der Waals surface area contributed by atoms with Crippen molar-refractivity contribution in [2.45, 2.75) is 30.9 Å². The fourth-order valence-electron chi connectivity index (χ4n) is 0.986. The highest BCUT2D eigenvalue weighted by Gasteiger charge is 2.17. The lowest BCUT2D eigenvalue weighted by molar-refractivity contribution is 0.475. The number of hydrogen-bond acceptors (Lipinski definition) is 2. The van der Waals surface area contributed by atoms with Crippen molar-refractivity contribution in [3.05, 3.63) is 21.1 Å². The monoisotopic (exact) mass is 298 g/mol. The summed E-state index contributed by atoms with van der Waals surface area (Å²) in [6.45, 7) is 6.38. The van der Waals surface area contributed by atoms with Crippen LogP contribution < -0.4 is 0 Å². The highest BCUT2D eigenvalue weighted by Crippen LogP contribution is 2.44. The molecule has 0 bridgehead atoms. The van der Waals surface area contributed by atoms with Gasteiger partial charge in [0.15, 0.2) is 5.75 Å². The van der Waals surface area contributed by atoms with Crippen LogP contribution >= 0.6 is 46.6 Å². The molecule has 1 atom stereocenters. The SMILES string of the molecule is CC(C)C(C)Sc1cc(Cl)c(O)c(Cl)c1Cl. The second kappa shape index (κ2) is 5.72. The topological polar surface area (TPSA) is 20.2 Å². The molecule has 5 heteroatoms. The molecule has 0 amide bonds. The first-order chi connectivity index (χ1) is 7.34. The van der Waals surface area contributed by atoms with Crippen LogP contribution in [-0.4, -0.2) is 10.4 Å². The van der Waals surface area contributed by atoms with E-state index in [2.05, 4.69) is 20.8 Å². The summed E-state index contributed by atoms with van der Waals surface area (Å²) in [5.74, 6) is 0.363. The second-order valence-electron chi connectivity index (χ2n) is 3.90. The maximum atomic E-state index is 9.50. The van der Waals surface area contributed by atoms with Crippen molar-refractivity contribution in [3.63, 3.8) is 0 Å². The first-order valence-corrected chi connectivity index (χ1v) is 6.89. The average Bonchev–Trinajstić information content (AvgIpc) is 2.22. The first kappa shape index (κ1) is 14.3. The van der Waals surface area contributed by atoms with Gasteiger partial charge in [-0.1, -0.05) is 55.6 Å². The molecule has 1 N–H and O–H groups in total. The van der Waals surface area contributed by atoms with Crippen LogP contribution in [-0.2, 0) is 0 Å². The zero-order valence-corrected chi connectivity index (χ0v) is 12.3. The Bertz CT molecular complexity index is 393. The number of phenolic OH excluding ortho intramolecular Hbond substituents is 1. The smallest absolute Gasteiger partial charge is 0.154 e. The summed E-state index contributed by atoms with van der Waals surface area (Å²) in [7, 11) is 0. The van der Waals surface area contributed by atoms with Gasteiger partial charge in [0, 0.05) is 10.1 Å². The van der Waals surface area contributed by atoms with Gasteiger partial charge >= 0.3 is 0 Å². The zero-order chi connectivity index (χ0) is 12.5. The minimum absolute atomic E-state index is 0.118. The van der Waals surface area contributed by atoms with Crippen LogP contribution in [0.5, 0.6) is 5.75 Å². The van der Waals surface area contributed by atoms with Crippen LogP contribution in [0.3, 0.4) is 0 Å². The molecule has 0 aliphatic rings. The minimum atomic E-state index is -0.158. The van der Waals surface area contributed by atoms with E-state index in [1.54, 1.807) is 17.8 Å². The Hall–Kier alpha value is 0.240. The summed E-state index contributed by atoms with van der Waals surface area (Å²) >= 11 is 19.4. The van der Waals surface area contributed by atoms with Gasteiger partial charge in [0.2, 0.25) is 0 Å². The molecule has 0 aromatic heterocycles. The van der Waals surface area contributed by atoms with Gasteiger partial charge in [0.1, 0.15) is 5.02 Å². The van der Waals surface area contributed by atoms with Crippen molar-refractivity contribution >= 4 is 46.6 Å². The molecule has 0 radical (unpaired) electrons. The summed E-state index contributed by atoms with van der Waals surface area (Å²) in [5, 5.41) is 10.6. The highest BCUT2D eigenvalue weighted by molar-refractivity contribution is 8.00. The minimum Gasteiger partial charge on any atom is -0.505 e. The second-order valence-corrected chi connectivity index (χ2v) is 6.48. The molecule has 1 aromatic carbocycles. The fraction of sp³-hybridized carbons (Fsp3) is 0.455. The summed E-state index contributed by atoms with van der Waals surface area (Å²) in [6, 6.07) is 1.65. The number of benzene rings is 1. The van der Waals surface area contributed by atoms with Gasteiger partial charge in [-0.15, -0.1) is 11.8 Å². The van der Waals surface area contributed by atoms with Crippen LogP contribution in [0.15, 0.2) is 11.0 Å². The van der Waals surface area contributed by atoms with Crippen molar-refractivity contribution in [1.82, 2.24) is 0 Å². The largest absolute Gasteiger partial charge is 0.505 e. The maximum absolute atomic E-state index is 9.50. The molecule has 0 aliphatic heterocycles. The molecule has 0 spiro atoms. The van der Waals surface area contributed by atoms with Gasteiger partial charge in [0.25, 0.3) is 0 Å². The summed E-state index contributed by atoms with van der Waals surface area (Å²) in [4.78, 5) is 0.802. The molecule has 1 unspecified atom stereocenters. The Morgan fingerprint density at radius 3 is 2.19 bits per heavy atom. The fourth-order valence-corrected chi connectivity index (χ4v) is 2.90. The van der Waals surface area contributed by atoms with Gasteiger partial charge in [-0.3, -0.25) is 0 Å². The normalized spacial score (nSPS) is 13.2. The van der Waals surface area contributed by atoms with Gasteiger partial charge in [0.05, 0.1) is 10.0 Å². The Balaban J connectivity index is 3.06. The summed E-state index contributed by atoms with van der Waals surface area (Å²) < 4.78 is 0. The molecule has 0 aliphatic carbocycles. The van der Waals surface area contributed by atoms with Crippen molar-refractivity contribution in [3.8, 4) is 5.75 Å². The van der Waals surface area contributed by atoms with E-state index in [4.69, 9.17) is 34.8 Å². The molecule has 0 fully saturated rings. The molecule has 1 nitrogen and oxygen atoms in total. The van der Waals surface area contributed by atoms with E-state index >= 15 is 0 Å². The Labute approximate surface area is 115 Å².